The highest BCUT2D eigenvalue weighted by Crippen LogP contribution is 2.43. The van der Waals surface area contributed by atoms with Crippen LogP contribution < -0.4 is 15.2 Å². The Morgan fingerprint density at radius 2 is 2.04 bits per heavy atom. The minimum absolute atomic E-state index is 0.248. The summed E-state index contributed by atoms with van der Waals surface area (Å²) in [4.78, 5) is 14.9. The molecular formula is C19H27ClN2O5. The molecule has 27 heavy (non-hydrogen) atoms. The molecule has 8 heteroatoms. The standard InChI is InChI=1S/C19H27ClN2O5/c1-12(23)2-5-22-6-3-13(4-7-22)11-27-19(24)14-10-15(20)16(21)18-17(14)25-8-9-26-18/h10,12-13,23H,2-9,11,21H2,1H3. The number of nitrogens with two attached hydrogens (primary N) is 1. The number of likely N-dealkylation sites (tertiary alicyclic amines) is 1. The summed E-state index contributed by atoms with van der Waals surface area (Å²) in [5.41, 5.74) is 6.43. The van der Waals surface area contributed by atoms with E-state index in [1.54, 1.807) is 0 Å². The first-order valence-corrected chi connectivity index (χ1v) is 9.78. The van der Waals surface area contributed by atoms with Crippen molar-refractivity contribution in [2.24, 2.45) is 5.92 Å². The molecule has 2 aliphatic rings. The van der Waals surface area contributed by atoms with Crippen LogP contribution in [0.5, 0.6) is 11.5 Å². The van der Waals surface area contributed by atoms with E-state index in [1.807, 2.05) is 6.92 Å². The Balaban J connectivity index is 1.54. The number of hydrogen-bond acceptors (Lipinski definition) is 7. The SMILES string of the molecule is CC(O)CCN1CCC(COC(=O)c2cc(Cl)c(N)c3c2OCCO3)CC1. The zero-order valence-electron chi connectivity index (χ0n) is 15.6. The number of aliphatic hydroxyl groups excluding tert-OH is 1. The molecule has 0 aromatic heterocycles. The Bertz CT molecular complexity index is 675. The monoisotopic (exact) mass is 398 g/mol. The second-order valence-corrected chi connectivity index (χ2v) is 7.60. The molecule has 0 saturated carbocycles. The third-order valence-corrected chi connectivity index (χ3v) is 5.35. The van der Waals surface area contributed by atoms with Gasteiger partial charge in [0.15, 0.2) is 11.5 Å². The van der Waals surface area contributed by atoms with Crippen molar-refractivity contribution in [1.82, 2.24) is 4.90 Å². The summed E-state index contributed by atoms with van der Waals surface area (Å²) in [7, 11) is 0. The van der Waals surface area contributed by atoms with Crippen molar-refractivity contribution in [3.8, 4) is 11.5 Å². The van der Waals surface area contributed by atoms with Crippen molar-refractivity contribution < 1.29 is 24.1 Å². The van der Waals surface area contributed by atoms with E-state index in [0.29, 0.717) is 37.2 Å². The van der Waals surface area contributed by atoms with Crippen LogP contribution in [0.15, 0.2) is 6.07 Å². The molecule has 150 valence electrons. The van der Waals surface area contributed by atoms with Gasteiger partial charge in [-0.25, -0.2) is 4.79 Å². The fraction of sp³-hybridized carbons (Fsp3) is 0.632. The van der Waals surface area contributed by atoms with E-state index in [2.05, 4.69) is 4.90 Å². The number of ether oxygens (including phenoxy) is 3. The first kappa shape index (κ1) is 20.0. The molecule has 1 aromatic rings. The number of nitrogens with zero attached hydrogens (tertiary/aromatic N) is 1. The van der Waals surface area contributed by atoms with Gasteiger partial charge in [-0.2, -0.15) is 0 Å². The molecule has 1 unspecified atom stereocenters. The molecule has 0 amide bonds. The lowest BCUT2D eigenvalue weighted by molar-refractivity contribution is 0.0356. The zero-order chi connectivity index (χ0) is 19.4. The highest BCUT2D eigenvalue weighted by molar-refractivity contribution is 6.34. The maximum Gasteiger partial charge on any atom is 0.342 e. The number of halogens is 1. The van der Waals surface area contributed by atoms with Crippen LogP contribution in [0.4, 0.5) is 5.69 Å². The Morgan fingerprint density at radius 1 is 1.37 bits per heavy atom. The van der Waals surface area contributed by atoms with E-state index in [0.717, 1.165) is 38.9 Å². The summed E-state index contributed by atoms with van der Waals surface area (Å²) in [6.07, 6.45) is 2.44. The van der Waals surface area contributed by atoms with Crippen LogP contribution in [0, 0.1) is 5.92 Å². The molecular weight excluding hydrogens is 372 g/mol. The van der Waals surface area contributed by atoms with Crippen molar-refractivity contribution in [3.05, 3.63) is 16.7 Å². The number of fused-ring (bicyclic) bond motifs is 1. The molecule has 2 heterocycles. The highest BCUT2D eigenvalue weighted by atomic mass is 35.5. The third-order valence-electron chi connectivity index (χ3n) is 5.04. The number of hydrogen-bond donors (Lipinski definition) is 2. The molecule has 3 rings (SSSR count). The molecule has 1 saturated heterocycles. The van der Waals surface area contributed by atoms with Gasteiger partial charge in [-0.1, -0.05) is 11.6 Å². The van der Waals surface area contributed by atoms with Gasteiger partial charge in [0.25, 0.3) is 0 Å². The quantitative estimate of drug-likeness (QED) is 0.561. The normalized spacial score (nSPS) is 18.9. The fourth-order valence-electron chi connectivity index (χ4n) is 3.37. The molecule has 0 spiro atoms. The minimum atomic E-state index is -0.477. The van der Waals surface area contributed by atoms with Crippen molar-refractivity contribution in [2.75, 3.05) is 45.2 Å². The lowest BCUT2D eigenvalue weighted by Crippen LogP contribution is -2.36. The summed E-state index contributed by atoms with van der Waals surface area (Å²) in [5, 5.41) is 9.64. The smallest absolute Gasteiger partial charge is 0.342 e. The number of anilines is 1. The Labute approximate surface area is 164 Å². The van der Waals surface area contributed by atoms with Gasteiger partial charge in [0.1, 0.15) is 18.8 Å². The number of rotatable bonds is 6. The number of benzene rings is 1. The largest absolute Gasteiger partial charge is 0.485 e. The summed E-state index contributed by atoms with van der Waals surface area (Å²) >= 11 is 6.12. The van der Waals surface area contributed by atoms with Crippen molar-refractivity contribution >= 4 is 23.3 Å². The maximum absolute atomic E-state index is 12.6. The summed E-state index contributed by atoms with van der Waals surface area (Å²) in [6.45, 7) is 5.68. The van der Waals surface area contributed by atoms with Gasteiger partial charge < -0.3 is 30.0 Å². The van der Waals surface area contributed by atoms with Crippen molar-refractivity contribution in [3.63, 3.8) is 0 Å². The molecule has 3 N–H and O–H groups in total. The number of piperidine rings is 1. The Kier molecular flexibility index (Phi) is 6.68. The molecule has 0 bridgehead atoms. The van der Waals surface area contributed by atoms with Gasteiger partial charge >= 0.3 is 5.97 Å². The van der Waals surface area contributed by atoms with Crippen molar-refractivity contribution in [1.29, 1.82) is 0 Å². The van der Waals surface area contributed by atoms with Crippen LogP contribution >= 0.6 is 11.6 Å². The first-order chi connectivity index (χ1) is 13.0. The topological polar surface area (TPSA) is 94.3 Å². The zero-order valence-corrected chi connectivity index (χ0v) is 16.3. The highest BCUT2D eigenvalue weighted by Gasteiger charge is 2.27. The van der Waals surface area contributed by atoms with Gasteiger partial charge in [-0.05, 0) is 51.3 Å². The fourth-order valence-corrected chi connectivity index (χ4v) is 3.56. The van der Waals surface area contributed by atoms with Gasteiger partial charge in [0.2, 0.25) is 0 Å². The van der Waals surface area contributed by atoms with Crippen LogP contribution in [-0.4, -0.2) is 61.5 Å². The summed E-state index contributed by atoms with van der Waals surface area (Å²) in [5.74, 6) is 0.470. The van der Waals surface area contributed by atoms with Gasteiger partial charge in [0.05, 0.1) is 23.4 Å². The summed E-state index contributed by atoms with van der Waals surface area (Å²) in [6, 6.07) is 1.48. The van der Waals surface area contributed by atoms with Gasteiger partial charge in [-0.15, -0.1) is 0 Å². The third kappa shape index (κ3) is 4.97. The van der Waals surface area contributed by atoms with E-state index < -0.39 is 5.97 Å². The molecule has 1 fully saturated rings. The Hall–Kier alpha value is -1.70. The molecule has 1 atom stereocenters. The van der Waals surface area contributed by atoms with Crippen LogP contribution in [0.25, 0.3) is 0 Å². The predicted molar refractivity (Wildman–Crippen MR) is 103 cm³/mol. The second-order valence-electron chi connectivity index (χ2n) is 7.20. The van der Waals surface area contributed by atoms with E-state index in [1.165, 1.54) is 6.07 Å². The lowest BCUT2D eigenvalue weighted by Gasteiger charge is -2.32. The summed E-state index contributed by atoms with van der Waals surface area (Å²) < 4.78 is 16.6. The van der Waals surface area contributed by atoms with Crippen LogP contribution in [0.3, 0.4) is 0 Å². The first-order valence-electron chi connectivity index (χ1n) is 9.40. The number of carbonyl (C=O) groups is 1. The Morgan fingerprint density at radius 3 is 2.70 bits per heavy atom. The predicted octanol–water partition coefficient (Wildman–Crippen LogP) is 2.33. The second kappa shape index (κ2) is 8.99. The number of aliphatic hydroxyl groups is 1. The van der Waals surface area contributed by atoms with E-state index in [4.69, 9.17) is 31.5 Å². The molecule has 0 aliphatic carbocycles. The molecule has 7 nitrogen and oxygen atoms in total. The molecule has 1 aromatic carbocycles. The van der Waals surface area contributed by atoms with E-state index in [-0.39, 0.29) is 22.4 Å². The molecule has 2 aliphatic heterocycles. The lowest BCUT2D eigenvalue weighted by atomic mass is 9.97. The van der Waals surface area contributed by atoms with E-state index >= 15 is 0 Å². The maximum atomic E-state index is 12.6. The van der Waals surface area contributed by atoms with Crippen LogP contribution in [0.1, 0.15) is 36.5 Å². The average Bonchev–Trinajstić information content (AvgIpc) is 2.68. The number of carbonyl (C=O) groups excluding carboxylic acids is 1. The van der Waals surface area contributed by atoms with Crippen LogP contribution in [0.2, 0.25) is 5.02 Å². The number of esters is 1. The van der Waals surface area contributed by atoms with Gasteiger partial charge in [0, 0.05) is 6.54 Å². The number of nitrogen functional groups attached to an aromatic ring is 1. The van der Waals surface area contributed by atoms with E-state index in [9.17, 15) is 9.90 Å². The average molecular weight is 399 g/mol. The van der Waals surface area contributed by atoms with Crippen LogP contribution in [-0.2, 0) is 4.74 Å². The van der Waals surface area contributed by atoms with Gasteiger partial charge in [-0.3, -0.25) is 0 Å². The van der Waals surface area contributed by atoms with Crippen molar-refractivity contribution in [2.45, 2.75) is 32.3 Å². The molecule has 0 radical (unpaired) electrons. The minimum Gasteiger partial charge on any atom is -0.485 e.